The number of fused-ring (bicyclic) bond motifs is 9. The Hall–Kier alpha value is -7.42. The number of hydrogen-bond donors (Lipinski definition) is 0. The first kappa shape index (κ1) is 36.4. The van der Waals surface area contributed by atoms with Crippen LogP contribution in [0.25, 0.3) is 72.0 Å². The minimum atomic E-state index is -0.224. The van der Waals surface area contributed by atoms with Gasteiger partial charge in [0.25, 0.3) is 0 Å². The van der Waals surface area contributed by atoms with E-state index in [1.54, 1.807) is 0 Å². The lowest BCUT2D eigenvalue weighted by Crippen LogP contribution is -2.18. The van der Waals surface area contributed by atoms with Crippen LogP contribution in [0.5, 0.6) is 0 Å². The summed E-state index contributed by atoms with van der Waals surface area (Å²) in [6.45, 7) is 9.53. The summed E-state index contributed by atoms with van der Waals surface area (Å²) in [5, 5.41) is 2.56. The molecule has 0 saturated carbocycles. The van der Waals surface area contributed by atoms with Gasteiger partial charge in [0.2, 0.25) is 0 Å². The summed E-state index contributed by atoms with van der Waals surface area (Å²) in [6.07, 6.45) is 0. The minimum Gasteiger partial charge on any atom is -0.310 e. The molecule has 2 heteroatoms. The second kappa shape index (κ2) is 13.5. The highest BCUT2D eigenvalue weighted by atomic mass is 15.1. The van der Waals surface area contributed by atoms with E-state index in [0.29, 0.717) is 0 Å². The van der Waals surface area contributed by atoms with Gasteiger partial charge in [0, 0.05) is 44.2 Å². The molecule has 0 radical (unpaired) electrons. The van der Waals surface area contributed by atoms with Crippen molar-refractivity contribution in [2.24, 2.45) is 0 Å². The second-order valence-electron chi connectivity index (χ2n) is 18.2. The van der Waals surface area contributed by atoms with Crippen molar-refractivity contribution in [1.82, 2.24) is 4.57 Å². The molecule has 0 amide bonds. The van der Waals surface area contributed by atoms with Crippen LogP contribution >= 0.6 is 0 Å². The summed E-state index contributed by atoms with van der Waals surface area (Å²) in [5.41, 5.74) is 22.4. The van der Waals surface area contributed by atoms with Crippen LogP contribution in [0.1, 0.15) is 49.9 Å². The number of hydrogen-bond acceptors (Lipinski definition) is 1. The first-order chi connectivity index (χ1) is 30.3. The van der Waals surface area contributed by atoms with E-state index in [4.69, 9.17) is 0 Å². The van der Waals surface area contributed by atoms with Crippen LogP contribution in [0.2, 0.25) is 0 Å². The van der Waals surface area contributed by atoms with Crippen LogP contribution in [0, 0.1) is 0 Å². The second-order valence-corrected chi connectivity index (χ2v) is 18.2. The zero-order valence-corrected chi connectivity index (χ0v) is 35.5. The van der Waals surface area contributed by atoms with Gasteiger partial charge in [-0.05, 0) is 116 Å². The SMILES string of the molecule is CC1(C)c2ccccc2-c2ccc(N(c3ccc(-c4ccc(-c5ccccc5)cc4)cc3)c3ccc4c(c3)C(C)(C)c3cccc(-n5c6ccccc6c6ccccc65)c3-4)cc21. The Labute approximate surface area is 364 Å². The Balaban J connectivity index is 1.00. The van der Waals surface area contributed by atoms with Crippen LogP contribution in [-0.2, 0) is 10.8 Å². The number of rotatable bonds is 6. The van der Waals surface area contributed by atoms with Crippen molar-refractivity contribution < 1.29 is 0 Å². The molecule has 9 aromatic carbocycles. The fourth-order valence-electron chi connectivity index (χ4n) is 10.8. The monoisotopic (exact) mass is 794 g/mol. The van der Waals surface area contributed by atoms with Gasteiger partial charge in [-0.2, -0.15) is 0 Å². The van der Waals surface area contributed by atoms with Gasteiger partial charge in [-0.15, -0.1) is 0 Å². The maximum absolute atomic E-state index is 2.48. The molecule has 0 aliphatic heterocycles. The molecular weight excluding hydrogens is 749 g/mol. The molecule has 0 bridgehead atoms. The van der Waals surface area contributed by atoms with Gasteiger partial charge in [0.05, 0.1) is 16.7 Å². The van der Waals surface area contributed by atoms with E-state index < -0.39 is 0 Å². The number of para-hydroxylation sites is 2. The van der Waals surface area contributed by atoms with Gasteiger partial charge in [0.15, 0.2) is 0 Å². The van der Waals surface area contributed by atoms with Crippen LogP contribution in [0.3, 0.4) is 0 Å². The van der Waals surface area contributed by atoms with E-state index in [1.165, 1.54) is 94.3 Å². The largest absolute Gasteiger partial charge is 0.310 e. The van der Waals surface area contributed by atoms with Crippen molar-refractivity contribution >= 4 is 38.9 Å². The molecule has 12 rings (SSSR count). The number of anilines is 3. The Morgan fingerprint density at radius 1 is 0.339 bits per heavy atom. The quantitative estimate of drug-likeness (QED) is 0.163. The molecule has 296 valence electrons. The van der Waals surface area contributed by atoms with E-state index in [1.807, 2.05) is 0 Å². The molecule has 1 heterocycles. The van der Waals surface area contributed by atoms with E-state index in [2.05, 4.69) is 243 Å². The maximum Gasteiger partial charge on any atom is 0.0543 e. The number of nitrogens with zero attached hydrogens (tertiary/aromatic N) is 2. The zero-order chi connectivity index (χ0) is 41.7. The molecule has 0 unspecified atom stereocenters. The fraction of sp³-hybridized carbons (Fsp3) is 0.100. The van der Waals surface area contributed by atoms with Gasteiger partial charge in [-0.1, -0.05) is 179 Å². The molecule has 62 heavy (non-hydrogen) atoms. The fourth-order valence-corrected chi connectivity index (χ4v) is 10.8. The van der Waals surface area contributed by atoms with Crippen molar-refractivity contribution in [3.05, 3.63) is 229 Å². The molecule has 1 aromatic heterocycles. The topological polar surface area (TPSA) is 8.17 Å². The van der Waals surface area contributed by atoms with Crippen LogP contribution in [0.4, 0.5) is 17.1 Å². The molecule has 10 aromatic rings. The summed E-state index contributed by atoms with van der Waals surface area (Å²) in [5.74, 6) is 0. The lowest BCUT2D eigenvalue weighted by molar-refractivity contribution is 0.660. The zero-order valence-electron chi connectivity index (χ0n) is 35.5. The summed E-state index contributed by atoms with van der Waals surface area (Å²) >= 11 is 0. The van der Waals surface area contributed by atoms with Crippen LogP contribution in [-0.4, -0.2) is 4.57 Å². The summed E-state index contributed by atoms with van der Waals surface area (Å²) < 4.78 is 2.48. The molecular formula is C60H46N2. The van der Waals surface area contributed by atoms with Crippen molar-refractivity contribution in [2.45, 2.75) is 38.5 Å². The third-order valence-electron chi connectivity index (χ3n) is 14.0. The molecule has 0 spiro atoms. The lowest BCUT2D eigenvalue weighted by atomic mass is 9.82. The summed E-state index contributed by atoms with van der Waals surface area (Å²) in [6, 6.07) is 76.4. The molecule has 0 N–H and O–H groups in total. The highest BCUT2D eigenvalue weighted by molar-refractivity contribution is 6.10. The van der Waals surface area contributed by atoms with Crippen molar-refractivity contribution in [2.75, 3.05) is 4.90 Å². The third-order valence-corrected chi connectivity index (χ3v) is 14.0. The highest BCUT2D eigenvalue weighted by Gasteiger charge is 2.39. The average molecular weight is 795 g/mol. The maximum atomic E-state index is 2.48. The van der Waals surface area contributed by atoms with E-state index in [-0.39, 0.29) is 10.8 Å². The molecule has 0 fully saturated rings. The highest BCUT2D eigenvalue weighted by Crippen LogP contribution is 2.55. The Bertz CT molecular complexity index is 3330. The third kappa shape index (κ3) is 5.36. The standard InChI is InChI=1S/C60H46N2/c1-59(2)51-20-11-8-17-46(51)47-35-33-44(37-53(47)59)61(43-31-29-42(30-32-43)41-27-25-40(26-28-41)39-15-6-5-7-16-39)45-34-36-50-54(38-45)60(3,4)52-21-14-24-57(58(50)52)62-55-22-12-9-18-48(55)49-19-10-13-23-56(49)62/h5-38H,1-4H3. The van der Waals surface area contributed by atoms with Gasteiger partial charge in [-0.25, -0.2) is 0 Å². The normalized spacial score (nSPS) is 14.1. The smallest absolute Gasteiger partial charge is 0.0543 e. The number of aromatic nitrogens is 1. The van der Waals surface area contributed by atoms with Crippen molar-refractivity contribution in [1.29, 1.82) is 0 Å². The Kier molecular flexibility index (Phi) is 7.96. The van der Waals surface area contributed by atoms with E-state index in [9.17, 15) is 0 Å². The Morgan fingerprint density at radius 3 is 1.44 bits per heavy atom. The van der Waals surface area contributed by atoms with Gasteiger partial charge in [-0.3, -0.25) is 0 Å². The summed E-state index contributed by atoms with van der Waals surface area (Å²) in [7, 11) is 0. The lowest BCUT2D eigenvalue weighted by Gasteiger charge is -2.30. The first-order valence-electron chi connectivity index (χ1n) is 21.8. The summed E-state index contributed by atoms with van der Waals surface area (Å²) in [4.78, 5) is 2.47. The molecule has 2 nitrogen and oxygen atoms in total. The van der Waals surface area contributed by atoms with Crippen LogP contribution in [0.15, 0.2) is 206 Å². The predicted octanol–water partition coefficient (Wildman–Crippen LogP) is 16.2. The van der Waals surface area contributed by atoms with Gasteiger partial charge < -0.3 is 9.47 Å². The first-order valence-corrected chi connectivity index (χ1v) is 21.8. The molecule has 0 saturated heterocycles. The van der Waals surface area contributed by atoms with E-state index in [0.717, 1.165) is 17.1 Å². The average Bonchev–Trinajstić information content (AvgIpc) is 3.86. The van der Waals surface area contributed by atoms with Gasteiger partial charge in [0.1, 0.15) is 0 Å². The number of benzene rings is 9. The van der Waals surface area contributed by atoms with Gasteiger partial charge >= 0.3 is 0 Å². The van der Waals surface area contributed by atoms with E-state index >= 15 is 0 Å². The molecule has 2 aliphatic rings. The van der Waals surface area contributed by atoms with Crippen molar-refractivity contribution in [3.8, 4) is 50.2 Å². The molecule has 0 atom stereocenters. The predicted molar refractivity (Wildman–Crippen MR) is 261 cm³/mol. The van der Waals surface area contributed by atoms with Crippen molar-refractivity contribution in [3.63, 3.8) is 0 Å². The Morgan fingerprint density at radius 2 is 0.790 bits per heavy atom. The minimum absolute atomic E-state index is 0.117. The van der Waals surface area contributed by atoms with Crippen LogP contribution < -0.4 is 4.90 Å². The molecule has 2 aliphatic carbocycles.